The SMILES string of the molecule is Cc1cc(S(=O)(=O)Nc2ccccc2-c2cc(C)c(C(N)=O)c(C)c2)c(C)cc1Cl. The molecule has 0 aliphatic heterocycles. The van der Waals surface area contributed by atoms with E-state index in [1.54, 1.807) is 38.1 Å². The standard InChI is InChI=1S/C23H23ClN2O3S/c1-13-12-21(14(2)11-19(13)24)30(28,29)26-20-8-6-5-7-18(20)17-9-15(3)22(23(25)27)16(4)10-17/h5-12,26H,1-4H3,(H2,25,27). The van der Waals surface area contributed by atoms with Crippen LogP contribution >= 0.6 is 11.6 Å². The van der Waals surface area contributed by atoms with Gasteiger partial charge in [-0.2, -0.15) is 0 Å². The number of amides is 1. The van der Waals surface area contributed by atoms with Crippen LogP contribution in [0.3, 0.4) is 0 Å². The van der Waals surface area contributed by atoms with E-state index in [-0.39, 0.29) is 4.90 Å². The minimum Gasteiger partial charge on any atom is -0.366 e. The molecule has 0 unspecified atom stereocenters. The normalized spacial score (nSPS) is 11.4. The second-order valence-electron chi connectivity index (χ2n) is 7.37. The molecule has 3 rings (SSSR count). The molecule has 0 heterocycles. The van der Waals surface area contributed by atoms with Gasteiger partial charge in [-0.25, -0.2) is 8.42 Å². The Morgan fingerprint density at radius 1 is 0.900 bits per heavy atom. The maximum absolute atomic E-state index is 13.1. The van der Waals surface area contributed by atoms with Gasteiger partial charge < -0.3 is 5.73 Å². The number of aryl methyl sites for hydroxylation is 4. The molecule has 0 radical (unpaired) electrons. The van der Waals surface area contributed by atoms with Gasteiger partial charge in [-0.15, -0.1) is 0 Å². The third kappa shape index (κ3) is 4.20. The molecule has 3 aromatic carbocycles. The van der Waals surface area contributed by atoms with Crippen LogP contribution in [0.1, 0.15) is 32.6 Å². The molecule has 0 saturated carbocycles. The van der Waals surface area contributed by atoms with Gasteiger partial charge in [0.05, 0.1) is 10.6 Å². The first-order valence-corrected chi connectivity index (χ1v) is 11.2. The van der Waals surface area contributed by atoms with Gasteiger partial charge in [0.1, 0.15) is 0 Å². The number of carbonyl (C=O) groups excluding carboxylic acids is 1. The number of para-hydroxylation sites is 1. The van der Waals surface area contributed by atoms with E-state index in [0.717, 1.165) is 16.7 Å². The Hall–Kier alpha value is -2.83. The Kier molecular flexibility index (Phi) is 5.92. The first-order valence-electron chi connectivity index (χ1n) is 9.31. The van der Waals surface area contributed by atoms with Crippen molar-refractivity contribution in [1.29, 1.82) is 0 Å². The number of sulfonamides is 1. The second-order valence-corrected chi connectivity index (χ2v) is 9.43. The van der Waals surface area contributed by atoms with Crippen LogP contribution in [0.2, 0.25) is 5.02 Å². The lowest BCUT2D eigenvalue weighted by Crippen LogP contribution is -2.16. The predicted molar refractivity (Wildman–Crippen MR) is 122 cm³/mol. The summed E-state index contributed by atoms with van der Waals surface area (Å²) in [5.74, 6) is -0.487. The summed E-state index contributed by atoms with van der Waals surface area (Å²) >= 11 is 6.12. The van der Waals surface area contributed by atoms with Crippen LogP contribution in [0.4, 0.5) is 5.69 Å². The molecule has 0 aliphatic carbocycles. The summed E-state index contributed by atoms with van der Waals surface area (Å²) in [5, 5.41) is 0.521. The highest BCUT2D eigenvalue weighted by molar-refractivity contribution is 7.92. The fourth-order valence-electron chi connectivity index (χ4n) is 3.58. The quantitative estimate of drug-likeness (QED) is 0.573. The first-order chi connectivity index (χ1) is 14.0. The van der Waals surface area contributed by atoms with Crippen molar-refractivity contribution < 1.29 is 13.2 Å². The smallest absolute Gasteiger partial charge is 0.262 e. The maximum atomic E-state index is 13.1. The van der Waals surface area contributed by atoms with E-state index in [2.05, 4.69) is 4.72 Å². The Bertz CT molecular complexity index is 1240. The van der Waals surface area contributed by atoms with Crippen LogP contribution in [-0.4, -0.2) is 14.3 Å². The van der Waals surface area contributed by atoms with Crippen LogP contribution in [0.5, 0.6) is 0 Å². The number of anilines is 1. The first kappa shape index (κ1) is 21.9. The number of nitrogens with one attached hydrogen (secondary N) is 1. The summed E-state index contributed by atoms with van der Waals surface area (Å²) in [6, 6.07) is 14.0. The van der Waals surface area contributed by atoms with E-state index in [4.69, 9.17) is 17.3 Å². The fraction of sp³-hybridized carbons (Fsp3) is 0.174. The predicted octanol–water partition coefficient (Wildman–Crippen LogP) is 5.14. The molecule has 0 spiro atoms. The molecule has 0 aromatic heterocycles. The number of halogens is 1. The van der Waals surface area contributed by atoms with E-state index >= 15 is 0 Å². The lowest BCUT2D eigenvalue weighted by molar-refractivity contribution is 0.0999. The molecule has 156 valence electrons. The number of hydrogen-bond acceptors (Lipinski definition) is 3. The molecule has 0 saturated heterocycles. The molecular formula is C23H23ClN2O3S. The van der Waals surface area contributed by atoms with Crippen molar-refractivity contribution in [2.75, 3.05) is 4.72 Å². The zero-order valence-corrected chi connectivity index (χ0v) is 18.8. The summed E-state index contributed by atoms with van der Waals surface area (Å²) < 4.78 is 29.0. The van der Waals surface area contributed by atoms with Crippen LogP contribution < -0.4 is 10.5 Å². The minimum absolute atomic E-state index is 0.177. The molecule has 7 heteroatoms. The minimum atomic E-state index is -3.84. The molecule has 30 heavy (non-hydrogen) atoms. The Labute approximate surface area is 181 Å². The van der Waals surface area contributed by atoms with E-state index in [0.29, 0.717) is 33.0 Å². The summed E-state index contributed by atoms with van der Waals surface area (Å²) in [6.45, 7) is 7.09. The van der Waals surface area contributed by atoms with Gasteiger partial charge in [0.25, 0.3) is 10.0 Å². The van der Waals surface area contributed by atoms with Gasteiger partial charge in [-0.1, -0.05) is 41.9 Å². The van der Waals surface area contributed by atoms with Crippen LogP contribution in [0.15, 0.2) is 53.4 Å². The van der Waals surface area contributed by atoms with Gasteiger partial charge in [-0.3, -0.25) is 9.52 Å². The lowest BCUT2D eigenvalue weighted by Gasteiger charge is -2.16. The van der Waals surface area contributed by atoms with Crippen molar-refractivity contribution in [1.82, 2.24) is 0 Å². The van der Waals surface area contributed by atoms with E-state index in [9.17, 15) is 13.2 Å². The number of rotatable bonds is 5. The van der Waals surface area contributed by atoms with Gasteiger partial charge in [-0.05, 0) is 73.7 Å². The van der Waals surface area contributed by atoms with E-state index in [1.807, 2.05) is 38.1 Å². The highest BCUT2D eigenvalue weighted by Gasteiger charge is 2.20. The molecule has 0 fully saturated rings. The Morgan fingerprint density at radius 2 is 1.50 bits per heavy atom. The third-order valence-corrected chi connectivity index (χ3v) is 6.92. The number of hydrogen-bond donors (Lipinski definition) is 2. The van der Waals surface area contributed by atoms with Crippen molar-refractivity contribution >= 4 is 33.2 Å². The van der Waals surface area contributed by atoms with Crippen molar-refractivity contribution in [3.63, 3.8) is 0 Å². The van der Waals surface area contributed by atoms with Crippen LogP contribution in [0.25, 0.3) is 11.1 Å². The molecule has 0 aliphatic rings. The second kappa shape index (κ2) is 8.13. The van der Waals surface area contributed by atoms with E-state index < -0.39 is 15.9 Å². The van der Waals surface area contributed by atoms with Gasteiger partial charge in [0.15, 0.2) is 0 Å². The molecule has 1 amide bonds. The number of nitrogens with two attached hydrogens (primary N) is 1. The zero-order valence-electron chi connectivity index (χ0n) is 17.2. The Morgan fingerprint density at radius 3 is 2.10 bits per heavy atom. The van der Waals surface area contributed by atoms with Gasteiger partial charge in [0.2, 0.25) is 5.91 Å². The average Bonchev–Trinajstić information content (AvgIpc) is 2.63. The molecule has 0 bridgehead atoms. The van der Waals surface area contributed by atoms with Crippen LogP contribution in [-0.2, 0) is 10.0 Å². The lowest BCUT2D eigenvalue weighted by atomic mass is 9.94. The fourth-order valence-corrected chi connectivity index (χ4v) is 5.19. The topological polar surface area (TPSA) is 89.3 Å². The highest BCUT2D eigenvalue weighted by Crippen LogP contribution is 2.33. The van der Waals surface area contributed by atoms with Crippen molar-refractivity contribution in [3.05, 3.63) is 81.4 Å². The maximum Gasteiger partial charge on any atom is 0.262 e. The molecule has 5 nitrogen and oxygen atoms in total. The summed E-state index contributed by atoms with van der Waals surface area (Å²) in [7, 11) is -3.84. The number of benzene rings is 3. The van der Waals surface area contributed by atoms with E-state index in [1.165, 1.54) is 0 Å². The van der Waals surface area contributed by atoms with Crippen molar-refractivity contribution in [3.8, 4) is 11.1 Å². The number of carbonyl (C=O) groups is 1. The van der Waals surface area contributed by atoms with Crippen molar-refractivity contribution in [2.45, 2.75) is 32.6 Å². The summed E-state index contributed by atoms with van der Waals surface area (Å²) in [4.78, 5) is 11.9. The largest absolute Gasteiger partial charge is 0.366 e. The van der Waals surface area contributed by atoms with Crippen molar-refractivity contribution in [2.24, 2.45) is 5.73 Å². The highest BCUT2D eigenvalue weighted by atomic mass is 35.5. The van der Waals surface area contributed by atoms with Crippen LogP contribution in [0, 0.1) is 27.7 Å². The van der Waals surface area contributed by atoms with Gasteiger partial charge in [0, 0.05) is 16.1 Å². The number of primary amides is 1. The Balaban J connectivity index is 2.09. The molecule has 0 atom stereocenters. The average molecular weight is 443 g/mol. The summed E-state index contributed by atoms with van der Waals surface area (Å²) in [6.07, 6.45) is 0. The molecule has 3 N–H and O–H groups in total. The monoisotopic (exact) mass is 442 g/mol. The third-order valence-electron chi connectivity index (χ3n) is 5.01. The van der Waals surface area contributed by atoms with Gasteiger partial charge >= 0.3 is 0 Å². The molecule has 3 aromatic rings. The molecular weight excluding hydrogens is 420 g/mol. The summed E-state index contributed by atoms with van der Waals surface area (Å²) in [5.41, 5.74) is 10.6. The zero-order chi connectivity index (χ0) is 22.2.